The van der Waals surface area contributed by atoms with Crippen molar-refractivity contribution >= 4 is 70.4 Å². The molecule has 0 spiro atoms. The first kappa shape index (κ1) is 73.8. The van der Waals surface area contributed by atoms with E-state index in [4.69, 9.17) is 44.2 Å². The number of carbonyl (C=O) groups excluding carboxylic acids is 3. The van der Waals surface area contributed by atoms with Crippen LogP contribution in [0.15, 0.2) is 150 Å². The Morgan fingerprint density at radius 3 is 1.42 bits per heavy atom. The van der Waals surface area contributed by atoms with E-state index in [1.54, 1.807) is 121 Å². The molecule has 0 aliphatic heterocycles. The molecule has 0 aliphatic carbocycles. The zero-order chi connectivity index (χ0) is 71.8. The van der Waals surface area contributed by atoms with Crippen molar-refractivity contribution in [2.24, 2.45) is 0 Å². The highest BCUT2D eigenvalue weighted by Gasteiger charge is 2.28. The van der Waals surface area contributed by atoms with E-state index in [-0.39, 0.29) is 80.7 Å². The summed E-state index contributed by atoms with van der Waals surface area (Å²) in [6, 6.07) is 33.6. The van der Waals surface area contributed by atoms with Gasteiger partial charge in [0.1, 0.15) is 39.1 Å². The molecule has 0 amide bonds. The largest absolute Gasteiger partial charge is 0.497 e. The second-order valence-corrected chi connectivity index (χ2v) is 24.6. The first-order valence-corrected chi connectivity index (χ1v) is 31.6. The second kappa shape index (κ2) is 33.2. The molecule has 0 fully saturated rings. The highest BCUT2D eigenvalue weighted by molar-refractivity contribution is 6.29. The fraction of sp³-hybridized carbons (Fsp3) is 0.230. The third kappa shape index (κ3) is 18.9. The van der Waals surface area contributed by atoms with Gasteiger partial charge in [0.15, 0.2) is 0 Å². The van der Waals surface area contributed by atoms with Crippen molar-refractivity contribution in [2.45, 2.75) is 107 Å². The zero-order valence-corrected chi connectivity index (χ0v) is 57.2. The van der Waals surface area contributed by atoms with Crippen LogP contribution in [0.1, 0.15) is 181 Å². The van der Waals surface area contributed by atoms with E-state index in [1.807, 2.05) is 94.5 Å². The monoisotopic (exact) mass is 1360 g/mol. The van der Waals surface area contributed by atoms with Crippen LogP contribution >= 0.6 is 23.2 Å². The van der Waals surface area contributed by atoms with Gasteiger partial charge in [-0.2, -0.15) is 10.5 Å². The average molecular weight is 1360 g/mol. The minimum Gasteiger partial charge on any atom is -0.497 e. The number of anilines is 2. The van der Waals surface area contributed by atoms with Crippen molar-refractivity contribution in [1.29, 1.82) is 10.5 Å². The summed E-state index contributed by atoms with van der Waals surface area (Å²) in [5.41, 5.74) is 10.6. The summed E-state index contributed by atoms with van der Waals surface area (Å²) in [5, 5.41) is 21.2. The predicted octanol–water partition coefficient (Wildman–Crippen LogP) is 11.6. The minimum absolute atomic E-state index is 0.000222. The highest BCUT2D eigenvalue weighted by atomic mass is 35.5. The molecule has 98 heavy (non-hydrogen) atoms. The number of carbonyl (C=O) groups is 3. The van der Waals surface area contributed by atoms with Crippen LogP contribution in [0.3, 0.4) is 0 Å². The summed E-state index contributed by atoms with van der Waals surface area (Å²) < 4.78 is 7.74. The van der Waals surface area contributed by atoms with Crippen molar-refractivity contribution < 1.29 is 19.1 Å². The van der Waals surface area contributed by atoms with E-state index in [0.29, 0.717) is 51.3 Å². The molecule has 0 atom stereocenters. The van der Waals surface area contributed by atoms with Gasteiger partial charge in [0, 0.05) is 52.1 Å². The van der Waals surface area contributed by atoms with Gasteiger partial charge in [-0.3, -0.25) is 52.9 Å². The normalized spacial score (nSPS) is 11.2. The quantitative estimate of drug-likeness (QED) is 0.0234. The number of rotatable bonds is 20. The lowest BCUT2D eigenvalue weighted by atomic mass is 9.95. The van der Waals surface area contributed by atoms with Crippen LogP contribution in [0.5, 0.6) is 5.75 Å². The molecule has 0 saturated carbocycles. The third-order valence-corrected chi connectivity index (χ3v) is 15.4. The maximum absolute atomic E-state index is 14.0. The Balaban J connectivity index is 0.000000215. The molecule has 0 bridgehead atoms. The number of aromatic nitrogens is 8. The molecule has 9 rings (SSSR count). The molecular formula is C74H72Cl2N12O10. The lowest BCUT2D eigenvalue weighted by Gasteiger charge is -2.18. The molecule has 502 valence electrons. The van der Waals surface area contributed by atoms with Gasteiger partial charge in [-0.1, -0.05) is 107 Å². The second-order valence-electron chi connectivity index (χ2n) is 23.8. The third-order valence-electron chi connectivity index (χ3n) is 15.0. The average Bonchev–Trinajstić information content (AvgIpc) is 0.771. The number of nitrogen functional groups attached to an aromatic ring is 1. The van der Waals surface area contributed by atoms with Gasteiger partial charge in [0.2, 0.25) is 17.3 Å². The minimum atomic E-state index is -0.718. The van der Waals surface area contributed by atoms with Crippen molar-refractivity contribution in [3.8, 4) is 17.9 Å². The van der Waals surface area contributed by atoms with E-state index in [1.165, 1.54) is 21.3 Å². The number of allylic oxidation sites excluding steroid dienone is 3. The number of ether oxygens (including phenoxy) is 1. The van der Waals surface area contributed by atoms with E-state index < -0.39 is 51.1 Å². The predicted molar refractivity (Wildman–Crippen MR) is 382 cm³/mol. The number of aromatic amines is 4. The summed E-state index contributed by atoms with van der Waals surface area (Å²) in [6.07, 6.45) is 9.59. The van der Waals surface area contributed by atoms with Gasteiger partial charge in [0.25, 0.3) is 16.7 Å². The van der Waals surface area contributed by atoms with Crippen LogP contribution in [0.2, 0.25) is 10.3 Å². The van der Waals surface area contributed by atoms with Gasteiger partial charge in [0.05, 0.1) is 38.0 Å². The summed E-state index contributed by atoms with van der Waals surface area (Å²) in [6.45, 7) is 18.6. The number of halogens is 2. The van der Waals surface area contributed by atoms with E-state index in [0.717, 1.165) is 33.6 Å². The Labute approximate surface area is 573 Å². The van der Waals surface area contributed by atoms with Crippen molar-refractivity contribution in [3.05, 3.63) is 295 Å². The molecule has 7 N–H and O–H groups in total. The molecular weight excluding hydrogens is 1290 g/mol. The number of pyridine rings is 2. The number of aryl methyl sites for hydroxylation is 3. The Bertz CT molecular complexity index is 5090. The standard InChI is InChI=1S/C32H30ClN5O4.C24H25ClN4O3.C18H17N3O3/c1-19(2)28-29(30(39)24-13-20(3)12-22(14-24)6-5-11-34)38(32(41)37-31(28)40)18-23-15-26(33)36-27(16-23)35-17-21-7-9-25(42-4)10-8-21;1-5-6-15-7-14(4)8-17(9-15)22(30)21-20(13(2)3)23(31)28-24(32)29(21)12-16-10-18(25)27-19(26)11-16;1-10(2)14-15(20-18(24)21-17(14)23)16(22)13-8-11(3)7-12(9-13)5-4-6-19/h5-10,12-16,19H,17-18H2,1-4H3,(H,35,36)(H,37,40,41);5-11,13H,12H2,1-4H3,(H2,26,27)(H,28,31,32);4-5,7-10H,1-3H3,(H2,20,21,23,24)/b2*6-5+;5-4+. The van der Waals surface area contributed by atoms with Crippen LogP contribution in [-0.4, -0.2) is 63.5 Å². The summed E-state index contributed by atoms with van der Waals surface area (Å²) in [4.78, 5) is 134. The van der Waals surface area contributed by atoms with E-state index in [2.05, 4.69) is 35.2 Å². The number of nitrogens with one attached hydrogen (secondary N) is 5. The number of methoxy groups -OCH3 is 1. The summed E-state index contributed by atoms with van der Waals surface area (Å²) in [7, 11) is 1.61. The van der Waals surface area contributed by atoms with E-state index in [9.17, 15) is 43.2 Å². The van der Waals surface area contributed by atoms with Crippen molar-refractivity contribution in [3.63, 3.8) is 0 Å². The van der Waals surface area contributed by atoms with E-state index >= 15 is 0 Å². The van der Waals surface area contributed by atoms with Crippen molar-refractivity contribution in [1.82, 2.24) is 39.0 Å². The Morgan fingerprint density at radius 1 is 0.561 bits per heavy atom. The molecule has 0 aliphatic rings. The number of ketones is 3. The Kier molecular flexibility index (Phi) is 25.0. The maximum atomic E-state index is 14.0. The molecule has 0 saturated heterocycles. The van der Waals surface area contributed by atoms with Crippen molar-refractivity contribution in [2.75, 3.05) is 18.2 Å². The molecule has 5 heterocycles. The number of H-pyrrole nitrogens is 4. The topological polar surface area (TPSA) is 347 Å². The van der Waals surface area contributed by atoms with Gasteiger partial charge in [-0.25, -0.2) is 24.4 Å². The number of nitrogens with two attached hydrogens (primary N) is 1. The van der Waals surface area contributed by atoms with Gasteiger partial charge < -0.3 is 20.8 Å². The molecule has 0 radical (unpaired) electrons. The lowest BCUT2D eigenvalue weighted by Crippen LogP contribution is -2.38. The lowest BCUT2D eigenvalue weighted by molar-refractivity contribution is 0.101. The number of nitriles is 2. The first-order valence-electron chi connectivity index (χ1n) is 30.8. The summed E-state index contributed by atoms with van der Waals surface area (Å²) >= 11 is 12.4. The van der Waals surface area contributed by atoms with Gasteiger partial charge >= 0.3 is 17.1 Å². The van der Waals surface area contributed by atoms with Crippen LogP contribution in [-0.2, 0) is 19.6 Å². The number of benzene rings is 4. The maximum Gasteiger partial charge on any atom is 0.329 e. The number of hydrogen-bond donors (Lipinski definition) is 6. The van der Waals surface area contributed by atoms with Gasteiger partial charge in [-0.15, -0.1) is 0 Å². The number of hydrogen-bond acceptors (Lipinski definition) is 16. The first-order chi connectivity index (χ1) is 46.5. The van der Waals surface area contributed by atoms with Crippen LogP contribution in [0, 0.1) is 43.4 Å². The molecule has 22 nitrogen and oxygen atoms in total. The molecule has 5 aromatic heterocycles. The molecule has 24 heteroatoms. The fourth-order valence-electron chi connectivity index (χ4n) is 11.0. The van der Waals surface area contributed by atoms with Crippen LogP contribution in [0.4, 0.5) is 11.6 Å². The van der Waals surface area contributed by atoms with Gasteiger partial charge in [-0.05, 0) is 180 Å². The smallest absolute Gasteiger partial charge is 0.329 e. The SMILES string of the molecule is C/C=C/c1cc(C)cc(C(=O)c2c(C(C)C)c(=O)[nH]c(=O)n2Cc2cc(N)nc(Cl)c2)c1.COc1ccc(CNc2cc(Cn3c(C(=O)c4cc(C)cc(/C=C/C#N)c4)c(C(C)C)c(=O)[nH]c3=O)cc(Cl)n2)cc1.Cc1cc(/C=C/C#N)cc(C(=O)c2[nH]c(=O)[nH]c(=O)c2C(C)C)c1. The molecule has 9 aromatic rings. The molecule has 4 aromatic carbocycles. The Morgan fingerprint density at radius 2 is 0.990 bits per heavy atom. The highest BCUT2D eigenvalue weighted by Crippen LogP contribution is 2.26. The Hall–Kier alpha value is -11.6. The number of nitrogens with zero attached hydrogens (tertiary/aromatic N) is 6. The molecule has 0 unspecified atom stereocenters. The fourth-order valence-corrected chi connectivity index (χ4v) is 11.4. The summed E-state index contributed by atoms with van der Waals surface area (Å²) in [5.74, 6) is -0.772. The van der Waals surface area contributed by atoms with Crippen LogP contribution in [0.25, 0.3) is 18.2 Å². The zero-order valence-electron chi connectivity index (χ0n) is 55.7. The van der Waals surface area contributed by atoms with Crippen LogP contribution < -0.4 is 49.5 Å².